The molecular formula is C16H24ClN3O2. The zero-order valence-electron chi connectivity index (χ0n) is 13.2. The lowest BCUT2D eigenvalue weighted by Crippen LogP contribution is -2.47. The molecule has 1 heterocycles. The zero-order valence-corrected chi connectivity index (χ0v) is 13.9. The Labute approximate surface area is 137 Å². The van der Waals surface area contributed by atoms with Crippen LogP contribution in [0.25, 0.3) is 0 Å². The number of hydrogen-bond donors (Lipinski definition) is 2. The Balaban J connectivity index is 1.83. The standard InChI is InChI=1S/C16H24ClN3O2/c1-18-13-4-3-9-20(11-13)16(21)7-8-19-14-10-12(17)5-6-15(14)22-2/h5-6,10,13,18-19H,3-4,7-9,11H2,1-2H3. The van der Waals surface area contributed by atoms with E-state index in [1.165, 1.54) is 0 Å². The lowest BCUT2D eigenvalue weighted by Gasteiger charge is -2.32. The lowest BCUT2D eigenvalue weighted by atomic mass is 10.1. The van der Waals surface area contributed by atoms with Gasteiger partial charge in [0, 0.05) is 37.1 Å². The minimum absolute atomic E-state index is 0.188. The van der Waals surface area contributed by atoms with Crippen LogP contribution in [0.2, 0.25) is 5.02 Å². The average molecular weight is 326 g/mol. The fourth-order valence-corrected chi connectivity index (χ4v) is 2.89. The molecule has 1 fully saturated rings. The third kappa shape index (κ3) is 4.52. The molecule has 6 heteroatoms. The monoisotopic (exact) mass is 325 g/mol. The summed E-state index contributed by atoms with van der Waals surface area (Å²) in [5.74, 6) is 0.915. The van der Waals surface area contributed by atoms with Crippen LogP contribution in [-0.4, -0.2) is 50.6 Å². The van der Waals surface area contributed by atoms with Crippen molar-refractivity contribution in [3.63, 3.8) is 0 Å². The Morgan fingerprint density at radius 3 is 3.05 bits per heavy atom. The molecule has 0 saturated carbocycles. The molecule has 1 unspecified atom stereocenters. The van der Waals surface area contributed by atoms with Crippen molar-refractivity contribution >= 4 is 23.2 Å². The predicted molar refractivity (Wildman–Crippen MR) is 89.8 cm³/mol. The smallest absolute Gasteiger partial charge is 0.224 e. The molecule has 0 radical (unpaired) electrons. The molecule has 1 amide bonds. The second-order valence-electron chi connectivity index (χ2n) is 5.49. The van der Waals surface area contributed by atoms with Crippen LogP contribution in [0, 0.1) is 0 Å². The number of rotatable bonds is 6. The Morgan fingerprint density at radius 2 is 2.32 bits per heavy atom. The second kappa shape index (κ2) is 8.25. The van der Waals surface area contributed by atoms with Gasteiger partial charge < -0.3 is 20.3 Å². The summed E-state index contributed by atoms with van der Waals surface area (Å²) in [5, 5.41) is 7.12. The van der Waals surface area contributed by atoms with Gasteiger partial charge in [-0.3, -0.25) is 4.79 Å². The Kier molecular flexibility index (Phi) is 6.34. The molecule has 0 aromatic heterocycles. The average Bonchev–Trinajstić information content (AvgIpc) is 2.55. The van der Waals surface area contributed by atoms with Gasteiger partial charge in [0.1, 0.15) is 5.75 Å². The van der Waals surface area contributed by atoms with E-state index in [4.69, 9.17) is 16.3 Å². The third-order valence-corrected chi connectivity index (χ3v) is 4.23. The number of halogens is 1. The number of ether oxygens (including phenoxy) is 1. The molecule has 1 aromatic rings. The largest absolute Gasteiger partial charge is 0.495 e. The number of anilines is 1. The van der Waals surface area contributed by atoms with Gasteiger partial charge >= 0.3 is 0 Å². The van der Waals surface area contributed by atoms with E-state index in [0.717, 1.165) is 37.4 Å². The molecule has 2 N–H and O–H groups in total. The molecule has 1 aromatic carbocycles. The van der Waals surface area contributed by atoms with Crippen molar-refractivity contribution in [2.75, 3.05) is 39.1 Å². The number of hydrogen-bond acceptors (Lipinski definition) is 4. The Morgan fingerprint density at radius 1 is 1.50 bits per heavy atom. The maximum absolute atomic E-state index is 12.3. The zero-order chi connectivity index (χ0) is 15.9. The summed E-state index contributed by atoms with van der Waals surface area (Å²) in [6.07, 6.45) is 2.66. The van der Waals surface area contributed by atoms with Crippen molar-refractivity contribution in [1.29, 1.82) is 0 Å². The first-order valence-electron chi connectivity index (χ1n) is 7.66. The Hall–Kier alpha value is -1.46. The fraction of sp³-hybridized carbons (Fsp3) is 0.562. The summed E-state index contributed by atoms with van der Waals surface area (Å²) in [5.41, 5.74) is 0.814. The van der Waals surface area contributed by atoms with Crippen LogP contribution in [-0.2, 0) is 4.79 Å². The van der Waals surface area contributed by atoms with Crippen molar-refractivity contribution < 1.29 is 9.53 Å². The molecule has 0 bridgehead atoms. The van der Waals surface area contributed by atoms with E-state index in [1.54, 1.807) is 13.2 Å². The fourth-order valence-electron chi connectivity index (χ4n) is 2.72. The van der Waals surface area contributed by atoms with Crippen LogP contribution in [0.1, 0.15) is 19.3 Å². The highest BCUT2D eigenvalue weighted by Gasteiger charge is 2.22. The van der Waals surface area contributed by atoms with Gasteiger partial charge in [-0.05, 0) is 38.1 Å². The molecule has 1 saturated heterocycles. The van der Waals surface area contributed by atoms with Crippen LogP contribution < -0.4 is 15.4 Å². The van der Waals surface area contributed by atoms with E-state index >= 15 is 0 Å². The van der Waals surface area contributed by atoms with Gasteiger partial charge in [-0.25, -0.2) is 0 Å². The highest BCUT2D eigenvalue weighted by atomic mass is 35.5. The van der Waals surface area contributed by atoms with Gasteiger partial charge in [0.15, 0.2) is 0 Å². The molecule has 22 heavy (non-hydrogen) atoms. The summed E-state index contributed by atoms with van der Waals surface area (Å²) >= 11 is 5.99. The molecule has 1 aliphatic rings. The molecule has 2 rings (SSSR count). The van der Waals surface area contributed by atoms with Gasteiger partial charge in [0.25, 0.3) is 0 Å². The summed E-state index contributed by atoms with van der Waals surface area (Å²) in [7, 11) is 3.57. The molecule has 0 spiro atoms. The number of amides is 1. The van der Waals surface area contributed by atoms with Gasteiger partial charge in [-0.1, -0.05) is 11.6 Å². The van der Waals surface area contributed by atoms with Gasteiger partial charge in [-0.2, -0.15) is 0 Å². The Bertz CT molecular complexity index is 510. The van der Waals surface area contributed by atoms with E-state index < -0.39 is 0 Å². The van der Waals surface area contributed by atoms with E-state index in [0.29, 0.717) is 24.0 Å². The summed E-state index contributed by atoms with van der Waals surface area (Å²) in [6, 6.07) is 5.82. The van der Waals surface area contributed by atoms with E-state index in [2.05, 4.69) is 10.6 Å². The van der Waals surface area contributed by atoms with Crippen molar-refractivity contribution in [3.05, 3.63) is 23.2 Å². The predicted octanol–water partition coefficient (Wildman–Crippen LogP) is 2.36. The number of likely N-dealkylation sites (tertiary alicyclic amines) is 1. The van der Waals surface area contributed by atoms with Crippen molar-refractivity contribution in [2.24, 2.45) is 0 Å². The molecule has 122 valence electrons. The van der Waals surface area contributed by atoms with Crippen LogP contribution in [0.4, 0.5) is 5.69 Å². The minimum Gasteiger partial charge on any atom is -0.495 e. The molecule has 5 nitrogen and oxygen atoms in total. The lowest BCUT2D eigenvalue weighted by molar-refractivity contribution is -0.132. The number of carbonyl (C=O) groups excluding carboxylic acids is 1. The second-order valence-corrected chi connectivity index (χ2v) is 5.93. The number of nitrogens with zero attached hydrogens (tertiary/aromatic N) is 1. The minimum atomic E-state index is 0.188. The highest BCUT2D eigenvalue weighted by Crippen LogP contribution is 2.27. The first-order valence-corrected chi connectivity index (χ1v) is 8.04. The first-order chi connectivity index (χ1) is 10.6. The van der Waals surface area contributed by atoms with Crippen LogP contribution in [0.15, 0.2) is 18.2 Å². The molecular weight excluding hydrogens is 302 g/mol. The van der Waals surface area contributed by atoms with E-state index in [-0.39, 0.29) is 5.91 Å². The van der Waals surface area contributed by atoms with Gasteiger partial charge in [0.05, 0.1) is 12.8 Å². The number of likely N-dealkylation sites (N-methyl/N-ethyl adjacent to an activating group) is 1. The van der Waals surface area contributed by atoms with E-state index in [9.17, 15) is 4.79 Å². The van der Waals surface area contributed by atoms with Crippen LogP contribution in [0.3, 0.4) is 0 Å². The number of methoxy groups -OCH3 is 1. The highest BCUT2D eigenvalue weighted by molar-refractivity contribution is 6.30. The topological polar surface area (TPSA) is 53.6 Å². The van der Waals surface area contributed by atoms with Crippen molar-refractivity contribution in [3.8, 4) is 5.75 Å². The SMILES string of the molecule is CNC1CCCN(C(=O)CCNc2cc(Cl)ccc2OC)C1. The molecule has 1 aliphatic heterocycles. The van der Waals surface area contributed by atoms with Crippen molar-refractivity contribution in [1.82, 2.24) is 10.2 Å². The number of benzene rings is 1. The number of carbonyl (C=O) groups is 1. The van der Waals surface area contributed by atoms with Gasteiger partial charge in [-0.15, -0.1) is 0 Å². The van der Waals surface area contributed by atoms with Gasteiger partial charge in [0.2, 0.25) is 5.91 Å². The molecule has 1 atom stereocenters. The quantitative estimate of drug-likeness (QED) is 0.843. The summed E-state index contributed by atoms with van der Waals surface area (Å²) in [6.45, 7) is 2.23. The van der Waals surface area contributed by atoms with Crippen molar-refractivity contribution in [2.45, 2.75) is 25.3 Å². The normalized spacial score (nSPS) is 18.1. The summed E-state index contributed by atoms with van der Waals surface area (Å²) in [4.78, 5) is 14.2. The summed E-state index contributed by atoms with van der Waals surface area (Å²) < 4.78 is 5.28. The third-order valence-electron chi connectivity index (χ3n) is 4.00. The van der Waals surface area contributed by atoms with Crippen LogP contribution >= 0.6 is 11.6 Å². The first kappa shape index (κ1) is 16.9. The maximum atomic E-state index is 12.3. The van der Waals surface area contributed by atoms with E-state index in [1.807, 2.05) is 24.1 Å². The van der Waals surface area contributed by atoms with Crippen LogP contribution in [0.5, 0.6) is 5.75 Å². The maximum Gasteiger partial charge on any atom is 0.224 e. The number of piperidine rings is 1. The number of nitrogens with one attached hydrogen (secondary N) is 2. The molecule has 0 aliphatic carbocycles.